The molecule has 0 saturated heterocycles. The monoisotopic (exact) mass is 328 g/mol. The smallest absolute Gasteiger partial charge is 0.336 e. The number of amides is 1. The van der Waals surface area contributed by atoms with Gasteiger partial charge in [0, 0.05) is 11.7 Å². The van der Waals surface area contributed by atoms with Gasteiger partial charge in [-0.1, -0.05) is 44.4 Å². The first kappa shape index (κ1) is 16.6. The number of para-hydroxylation sites is 1. The van der Waals surface area contributed by atoms with Crippen LogP contribution in [0.2, 0.25) is 0 Å². The molecule has 0 radical (unpaired) electrons. The Bertz CT molecular complexity index is 648. The fourth-order valence-electron chi connectivity index (χ4n) is 3.79. The number of nitrogens with zero attached hydrogens (tertiary/aromatic N) is 1. The lowest BCUT2D eigenvalue weighted by atomic mass is 9.95. The van der Waals surface area contributed by atoms with E-state index in [0.717, 1.165) is 31.4 Å². The number of hydrogen-bond acceptors (Lipinski definition) is 3. The summed E-state index contributed by atoms with van der Waals surface area (Å²) >= 11 is 0. The molecule has 0 spiro atoms. The number of anilines is 1. The zero-order valence-electron chi connectivity index (χ0n) is 14.0. The Morgan fingerprint density at radius 3 is 2.46 bits per heavy atom. The number of nitrogens with one attached hydrogen (secondary N) is 1. The lowest BCUT2D eigenvalue weighted by Gasteiger charge is -2.26. The van der Waals surface area contributed by atoms with Gasteiger partial charge in [0.2, 0.25) is 0 Å². The lowest BCUT2D eigenvalue weighted by Crippen LogP contribution is -2.38. The Labute approximate surface area is 142 Å². The van der Waals surface area contributed by atoms with Crippen molar-refractivity contribution >= 4 is 17.6 Å². The molecule has 2 aliphatic rings. The highest BCUT2D eigenvalue weighted by molar-refractivity contribution is 6.15. The van der Waals surface area contributed by atoms with Crippen molar-refractivity contribution in [3.63, 3.8) is 0 Å². The number of hydrogen-bond donors (Lipinski definition) is 2. The van der Waals surface area contributed by atoms with Gasteiger partial charge in [-0.25, -0.2) is 4.79 Å². The molecule has 24 heavy (non-hydrogen) atoms. The largest absolute Gasteiger partial charge is 0.478 e. The minimum Gasteiger partial charge on any atom is -0.478 e. The molecule has 1 aliphatic carbocycles. The number of carboxylic acids is 1. The highest BCUT2D eigenvalue weighted by atomic mass is 16.4. The van der Waals surface area contributed by atoms with Gasteiger partial charge in [0.15, 0.2) is 0 Å². The first-order valence-corrected chi connectivity index (χ1v) is 8.76. The second-order valence-electron chi connectivity index (χ2n) is 6.51. The van der Waals surface area contributed by atoms with Crippen molar-refractivity contribution in [3.8, 4) is 0 Å². The highest BCUT2D eigenvalue weighted by Gasteiger charge is 2.43. The van der Waals surface area contributed by atoms with Crippen LogP contribution >= 0.6 is 0 Å². The molecule has 1 aromatic rings. The van der Waals surface area contributed by atoms with E-state index in [9.17, 15) is 14.7 Å². The molecular weight excluding hydrogens is 304 g/mol. The number of carbonyl (C=O) groups excluding carboxylic acids is 1. The van der Waals surface area contributed by atoms with E-state index in [1.807, 2.05) is 37.3 Å². The van der Waals surface area contributed by atoms with Crippen LogP contribution in [0.3, 0.4) is 0 Å². The summed E-state index contributed by atoms with van der Waals surface area (Å²) in [6.45, 7) is 1.92. The average Bonchev–Trinajstić information content (AvgIpc) is 2.89. The second-order valence-corrected chi connectivity index (χ2v) is 6.51. The van der Waals surface area contributed by atoms with Crippen LogP contribution in [-0.4, -0.2) is 29.1 Å². The molecule has 1 heterocycles. The molecule has 1 amide bonds. The standard InChI is InChI=1S/C19H24N2O3/c1-2-15-16(19(23)24)17(20-13-9-5-3-6-10-13)18(22)21(15)14-11-7-4-8-12-14/h4,7-8,11-13,15,20H,2-3,5-6,9-10H2,1H3,(H,23,24). The van der Waals surface area contributed by atoms with Crippen molar-refractivity contribution < 1.29 is 14.7 Å². The summed E-state index contributed by atoms with van der Waals surface area (Å²) in [4.78, 5) is 26.5. The van der Waals surface area contributed by atoms with Crippen molar-refractivity contribution in [2.75, 3.05) is 4.90 Å². The van der Waals surface area contributed by atoms with E-state index in [1.54, 1.807) is 4.90 Å². The normalized spacial score (nSPS) is 22.1. The van der Waals surface area contributed by atoms with E-state index >= 15 is 0 Å². The molecule has 1 aromatic carbocycles. The SMILES string of the molecule is CCC1C(C(=O)O)=C(NC2CCCCC2)C(=O)N1c1ccccc1. The van der Waals surface area contributed by atoms with Crippen LogP contribution in [0.1, 0.15) is 45.4 Å². The summed E-state index contributed by atoms with van der Waals surface area (Å²) in [5.74, 6) is -1.23. The first-order chi connectivity index (χ1) is 11.6. The predicted molar refractivity (Wildman–Crippen MR) is 92.7 cm³/mol. The van der Waals surface area contributed by atoms with Crippen molar-refractivity contribution in [1.29, 1.82) is 0 Å². The molecule has 0 aromatic heterocycles. The Kier molecular flexibility index (Phi) is 4.88. The quantitative estimate of drug-likeness (QED) is 0.871. The summed E-state index contributed by atoms with van der Waals surface area (Å²) in [5.41, 5.74) is 1.23. The maximum Gasteiger partial charge on any atom is 0.336 e. The number of benzene rings is 1. The summed E-state index contributed by atoms with van der Waals surface area (Å²) in [6.07, 6.45) is 6.02. The van der Waals surface area contributed by atoms with E-state index in [0.29, 0.717) is 6.42 Å². The Morgan fingerprint density at radius 1 is 1.21 bits per heavy atom. The first-order valence-electron chi connectivity index (χ1n) is 8.76. The maximum absolute atomic E-state index is 13.0. The molecule has 2 N–H and O–H groups in total. The van der Waals surface area contributed by atoms with Crippen LogP contribution in [0, 0.1) is 0 Å². The van der Waals surface area contributed by atoms with Crippen LogP contribution in [0.25, 0.3) is 0 Å². The van der Waals surface area contributed by atoms with E-state index in [-0.39, 0.29) is 23.2 Å². The number of carboxylic acid groups (broad SMARTS) is 1. The highest BCUT2D eigenvalue weighted by Crippen LogP contribution is 2.33. The zero-order valence-corrected chi connectivity index (χ0v) is 14.0. The number of aliphatic carboxylic acids is 1. The Hall–Kier alpha value is -2.30. The minimum atomic E-state index is -1.01. The second kappa shape index (κ2) is 7.07. The van der Waals surface area contributed by atoms with Gasteiger partial charge in [0.1, 0.15) is 5.70 Å². The number of carbonyl (C=O) groups is 2. The molecule has 3 rings (SSSR count). The van der Waals surface area contributed by atoms with Gasteiger partial charge < -0.3 is 10.4 Å². The molecule has 5 nitrogen and oxygen atoms in total. The molecule has 1 atom stereocenters. The van der Waals surface area contributed by atoms with Crippen LogP contribution in [0.15, 0.2) is 41.6 Å². The van der Waals surface area contributed by atoms with Gasteiger partial charge in [0.05, 0.1) is 11.6 Å². The molecule has 128 valence electrons. The van der Waals surface area contributed by atoms with Gasteiger partial charge in [-0.3, -0.25) is 9.69 Å². The summed E-state index contributed by atoms with van der Waals surface area (Å²) in [6, 6.07) is 9.08. The molecule has 1 unspecified atom stereocenters. The van der Waals surface area contributed by atoms with Crippen molar-refractivity contribution in [1.82, 2.24) is 5.32 Å². The van der Waals surface area contributed by atoms with Gasteiger partial charge in [0.25, 0.3) is 5.91 Å². The topological polar surface area (TPSA) is 69.6 Å². The van der Waals surface area contributed by atoms with Crippen LogP contribution < -0.4 is 10.2 Å². The molecule has 1 aliphatic heterocycles. The molecule has 1 fully saturated rings. The number of rotatable bonds is 5. The van der Waals surface area contributed by atoms with E-state index in [2.05, 4.69) is 5.32 Å². The summed E-state index contributed by atoms with van der Waals surface area (Å²) in [7, 11) is 0. The molecular formula is C19H24N2O3. The maximum atomic E-state index is 13.0. The van der Waals surface area contributed by atoms with Crippen molar-refractivity contribution in [3.05, 3.63) is 41.6 Å². The Morgan fingerprint density at radius 2 is 1.88 bits per heavy atom. The van der Waals surface area contributed by atoms with Crippen molar-refractivity contribution in [2.24, 2.45) is 0 Å². The molecule has 0 bridgehead atoms. The van der Waals surface area contributed by atoms with Gasteiger partial charge in [-0.15, -0.1) is 0 Å². The van der Waals surface area contributed by atoms with Crippen LogP contribution in [-0.2, 0) is 9.59 Å². The van der Waals surface area contributed by atoms with Gasteiger partial charge >= 0.3 is 5.97 Å². The van der Waals surface area contributed by atoms with Gasteiger partial charge in [-0.05, 0) is 31.4 Å². The zero-order chi connectivity index (χ0) is 17.1. The summed E-state index contributed by atoms with van der Waals surface area (Å²) < 4.78 is 0. The van der Waals surface area contributed by atoms with E-state index in [4.69, 9.17) is 0 Å². The van der Waals surface area contributed by atoms with E-state index in [1.165, 1.54) is 6.42 Å². The average molecular weight is 328 g/mol. The van der Waals surface area contributed by atoms with Gasteiger partial charge in [-0.2, -0.15) is 0 Å². The third-order valence-corrected chi connectivity index (χ3v) is 4.95. The Balaban J connectivity index is 1.94. The van der Waals surface area contributed by atoms with Crippen molar-refractivity contribution in [2.45, 2.75) is 57.5 Å². The third kappa shape index (κ3) is 3.03. The summed E-state index contributed by atoms with van der Waals surface area (Å²) in [5, 5.41) is 13.0. The fraction of sp³-hybridized carbons (Fsp3) is 0.474. The third-order valence-electron chi connectivity index (χ3n) is 4.95. The fourth-order valence-corrected chi connectivity index (χ4v) is 3.79. The molecule has 1 saturated carbocycles. The van der Waals surface area contributed by atoms with E-state index < -0.39 is 12.0 Å². The minimum absolute atomic E-state index is 0.195. The predicted octanol–water partition coefficient (Wildman–Crippen LogP) is 3.07. The van der Waals surface area contributed by atoms with Crippen LogP contribution in [0.4, 0.5) is 5.69 Å². The van der Waals surface area contributed by atoms with Crippen LogP contribution in [0.5, 0.6) is 0 Å². The lowest BCUT2D eigenvalue weighted by molar-refractivity contribution is -0.133. The molecule has 5 heteroatoms.